The molecule has 0 aromatic heterocycles. The van der Waals surface area contributed by atoms with E-state index in [-0.39, 0.29) is 18.0 Å². The van der Waals surface area contributed by atoms with Crippen LogP contribution in [0.1, 0.15) is 18.4 Å². The second kappa shape index (κ2) is 6.76. The molecule has 88 valence electrons. The van der Waals surface area contributed by atoms with Crippen LogP contribution >= 0.6 is 15.9 Å². The van der Waals surface area contributed by atoms with Gasteiger partial charge in [-0.25, -0.2) is 4.39 Å². The number of ketones is 1. The summed E-state index contributed by atoms with van der Waals surface area (Å²) in [7, 11) is 1.61. The van der Waals surface area contributed by atoms with Gasteiger partial charge in [-0.15, -0.1) is 0 Å². The van der Waals surface area contributed by atoms with Gasteiger partial charge in [0.05, 0.1) is 0 Å². The van der Waals surface area contributed by atoms with E-state index in [9.17, 15) is 9.18 Å². The van der Waals surface area contributed by atoms with Crippen molar-refractivity contribution >= 4 is 21.7 Å². The highest BCUT2D eigenvalue weighted by Crippen LogP contribution is 2.16. The predicted molar refractivity (Wildman–Crippen MR) is 63.9 cm³/mol. The highest BCUT2D eigenvalue weighted by molar-refractivity contribution is 9.10. The van der Waals surface area contributed by atoms with Crippen LogP contribution < -0.4 is 0 Å². The van der Waals surface area contributed by atoms with E-state index in [0.29, 0.717) is 29.5 Å². The number of carbonyl (C=O) groups excluding carboxylic acids is 1. The Morgan fingerprint density at radius 3 is 2.81 bits per heavy atom. The van der Waals surface area contributed by atoms with Crippen molar-refractivity contribution in [3.8, 4) is 0 Å². The summed E-state index contributed by atoms with van der Waals surface area (Å²) in [5, 5.41) is 0. The van der Waals surface area contributed by atoms with Gasteiger partial charge in [-0.3, -0.25) is 4.79 Å². The summed E-state index contributed by atoms with van der Waals surface area (Å²) >= 11 is 3.20. The molecule has 0 fully saturated rings. The Hall–Kier alpha value is -0.740. The lowest BCUT2D eigenvalue weighted by Crippen LogP contribution is -2.04. The van der Waals surface area contributed by atoms with Crippen molar-refractivity contribution in [2.75, 3.05) is 13.7 Å². The minimum absolute atomic E-state index is 0.106. The molecule has 0 aliphatic rings. The molecule has 0 bridgehead atoms. The normalized spacial score (nSPS) is 10.4. The lowest BCUT2D eigenvalue weighted by molar-refractivity contribution is -0.118. The molecule has 0 amide bonds. The van der Waals surface area contributed by atoms with Gasteiger partial charge < -0.3 is 4.74 Å². The summed E-state index contributed by atoms with van der Waals surface area (Å²) in [5.74, 6) is -0.219. The minimum Gasteiger partial charge on any atom is -0.385 e. The first-order valence-corrected chi connectivity index (χ1v) is 5.86. The van der Waals surface area contributed by atoms with Crippen LogP contribution in [-0.4, -0.2) is 19.5 Å². The number of benzene rings is 1. The lowest BCUT2D eigenvalue weighted by Gasteiger charge is -2.02. The van der Waals surface area contributed by atoms with Crippen molar-refractivity contribution in [1.82, 2.24) is 0 Å². The number of carbonyl (C=O) groups is 1. The van der Waals surface area contributed by atoms with Gasteiger partial charge >= 0.3 is 0 Å². The highest BCUT2D eigenvalue weighted by atomic mass is 79.9. The third kappa shape index (κ3) is 4.86. The number of rotatable bonds is 6. The highest BCUT2D eigenvalue weighted by Gasteiger charge is 2.05. The molecule has 0 N–H and O–H groups in total. The molecule has 0 aliphatic carbocycles. The fourth-order valence-corrected chi connectivity index (χ4v) is 1.96. The van der Waals surface area contributed by atoms with E-state index in [0.717, 1.165) is 0 Å². The maximum atomic E-state index is 13.0. The summed E-state index contributed by atoms with van der Waals surface area (Å²) < 4.78 is 18.5. The van der Waals surface area contributed by atoms with Crippen molar-refractivity contribution in [1.29, 1.82) is 0 Å². The second-order valence-electron chi connectivity index (χ2n) is 3.59. The van der Waals surface area contributed by atoms with Crippen molar-refractivity contribution < 1.29 is 13.9 Å². The van der Waals surface area contributed by atoms with Crippen molar-refractivity contribution in [2.45, 2.75) is 19.3 Å². The Balaban J connectivity index is 2.49. The summed E-state index contributed by atoms with van der Waals surface area (Å²) in [4.78, 5) is 11.5. The predicted octanol–water partition coefficient (Wildman–Crippen LogP) is 3.13. The molecular weight excluding hydrogens is 275 g/mol. The van der Waals surface area contributed by atoms with Gasteiger partial charge in [-0.05, 0) is 30.2 Å². The zero-order valence-corrected chi connectivity index (χ0v) is 10.7. The van der Waals surface area contributed by atoms with Crippen molar-refractivity contribution in [3.05, 3.63) is 34.1 Å². The van der Waals surface area contributed by atoms with Crippen LogP contribution in [0.15, 0.2) is 22.7 Å². The molecule has 1 rings (SSSR count). The SMILES string of the molecule is COCCCC(=O)Cc1cc(F)cc(Br)c1. The molecule has 0 aliphatic heterocycles. The summed E-state index contributed by atoms with van der Waals surface area (Å²) in [6, 6.07) is 4.52. The Labute approximate surface area is 103 Å². The zero-order valence-electron chi connectivity index (χ0n) is 9.13. The molecule has 1 aromatic rings. The van der Waals surface area contributed by atoms with E-state index >= 15 is 0 Å². The van der Waals surface area contributed by atoms with E-state index in [1.807, 2.05) is 0 Å². The van der Waals surface area contributed by atoms with Crippen LogP contribution in [0.5, 0.6) is 0 Å². The van der Waals surface area contributed by atoms with E-state index in [4.69, 9.17) is 4.74 Å². The van der Waals surface area contributed by atoms with Crippen LogP contribution in [0, 0.1) is 5.82 Å². The van der Waals surface area contributed by atoms with Gasteiger partial charge in [0.25, 0.3) is 0 Å². The van der Waals surface area contributed by atoms with Gasteiger partial charge in [0, 0.05) is 31.0 Å². The van der Waals surface area contributed by atoms with E-state index in [2.05, 4.69) is 15.9 Å². The zero-order chi connectivity index (χ0) is 12.0. The van der Waals surface area contributed by atoms with Crippen LogP contribution in [-0.2, 0) is 16.0 Å². The first-order chi connectivity index (χ1) is 7.61. The quantitative estimate of drug-likeness (QED) is 0.752. The standard InChI is InChI=1S/C12H14BrFO2/c1-16-4-2-3-12(15)7-9-5-10(13)8-11(14)6-9/h5-6,8H,2-4,7H2,1H3. The Morgan fingerprint density at radius 1 is 1.44 bits per heavy atom. The van der Waals surface area contributed by atoms with Crippen molar-refractivity contribution in [2.24, 2.45) is 0 Å². The lowest BCUT2D eigenvalue weighted by atomic mass is 10.1. The van der Waals surface area contributed by atoms with Crippen LogP contribution in [0.25, 0.3) is 0 Å². The summed E-state index contributed by atoms with van der Waals surface area (Å²) in [6.07, 6.45) is 1.47. The maximum Gasteiger partial charge on any atom is 0.137 e. The van der Waals surface area contributed by atoms with E-state index < -0.39 is 0 Å². The molecule has 0 saturated heterocycles. The topological polar surface area (TPSA) is 26.3 Å². The first kappa shape index (κ1) is 13.3. The molecule has 0 saturated carbocycles. The number of halogens is 2. The molecule has 0 radical (unpaired) electrons. The van der Waals surface area contributed by atoms with Gasteiger partial charge in [0.2, 0.25) is 0 Å². The molecule has 0 heterocycles. The van der Waals surface area contributed by atoms with Gasteiger partial charge in [0.15, 0.2) is 0 Å². The molecular formula is C12H14BrFO2. The monoisotopic (exact) mass is 288 g/mol. The third-order valence-electron chi connectivity index (χ3n) is 2.13. The number of methoxy groups -OCH3 is 1. The van der Waals surface area contributed by atoms with Crippen LogP contribution in [0.3, 0.4) is 0 Å². The van der Waals surface area contributed by atoms with Crippen molar-refractivity contribution in [3.63, 3.8) is 0 Å². The van der Waals surface area contributed by atoms with Gasteiger partial charge in [-0.1, -0.05) is 15.9 Å². The molecule has 2 nitrogen and oxygen atoms in total. The Morgan fingerprint density at radius 2 is 2.19 bits per heavy atom. The smallest absolute Gasteiger partial charge is 0.137 e. The van der Waals surface area contributed by atoms with Crippen LogP contribution in [0.4, 0.5) is 4.39 Å². The van der Waals surface area contributed by atoms with Crippen LogP contribution in [0.2, 0.25) is 0 Å². The van der Waals surface area contributed by atoms with Gasteiger partial charge in [-0.2, -0.15) is 0 Å². The number of Topliss-reactive ketones (excluding diaryl/α,β-unsaturated/α-hetero) is 1. The Bertz CT molecular complexity index is 346. The first-order valence-electron chi connectivity index (χ1n) is 5.07. The average molecular weight is 289 g/mol. The third-order valence-corrected chi connectivity index (χ3v) is 2.59. The minimum atomic E-state index is -0.325. The Kier molecular flexibility index (Phi) is 5.63. The molecule has 4 heteroatoms. The maximum absolute atomic E-state index is 13.0. The molecule has 0 unspecified atom stereocenters. The molecule has 0 atom stereocenters. The number of hydrogen-bond acceptors (Lipinski definition) is 2. The second-order valence-corrected chi connectivity index (χ2v) is 4.51. The summed E-state index contributed by atoms with van der Waals surface area (Å²) in [5.41, 5.74) is 0.703. The molecule has 0 spiro atoms. The number of ether oxygens (including phenoxy) is 1. The van der Waals surface area contributed by atoms with Gasteiger partial charge in [0.1, 0.15) is 11.6 Å². The average Bonchev–Trinajstić information content (AvgIpc) is 2.16. The fraction of sp³-hybridized carbons (Fsp3) is 0.417. The number of hydrogen-bond donors (Lipinski definition) is 0. The fourth-order valence-electron chi connectivity index (χ4n) is 1.44. The van der Waals surface area contributed by atoms with E-state index in [1.165, 1.54) is 12.1 Å². The van der Waals surface area contributed by atoms with E-state index in [1.54, 1.807) is 13.2 Å². The molecule has 1 aromatic carbocycles. The summed E-state index contributed by atoms with van der Waals surface area (Å²) in [6.45, 7) is 0.582. The largest absolute Gasteiger partial charge is 0.385 e. The molecule has 16 heavy (non-hydrogen) atoms.